The fraction of sp³-hybridized carbons (Fsp3) is 0.389. The van der Waals surface area contributed by atoms with Gasteiger partial charge in [-0.05, 0) is 55.8 Å². The Labute approximate surface area is 136 Å². The molecule has 0 spiro atoms. The molecule has 0 atom stereocenters. The minimum absolute atomic E-state index is 0.0487. The van der Waals surface area contributed by atoms with E-state index >= 15 is 0 Å². The van der Waals surface area contributed by atoms with Crippen LogP contribution < -0.4 is 11.1 Å². The largest absolute Gasteiger partial charge is 0.467 e. The van der Waals surface area contributed by atoms with Crippen LogP contribution >= 0.6 is 0 Å². The number of rotatable bonds is 6. The number of furan rings is 1. The summed E-state index contributed by atoms with van der Waals surface area (Å²) in [5, 5.41) is 3.37. The molecular weight excluding hydrogens is 290 g/mol. The Morgan fingerprint density at radius 1 is 1.26 bits per heavy atom. The summed E-state index contributed by atoms with van der Waals surface area (Å²) in [6.45, 7) is 3.44. The van der Waals surface area contributed by atoms with E-state index in [0.717, 1.165) is 43.9 Å². The van der Waals surface area contributed by atoms with Crippen molar-refractivity contribution < 1.29 is 9.21 Å². The first-order valence-corrected chi connectivity index (χ1v) is 8.07. The molecule has 5 nitrogen and oxygen atoms in total. The number of benzene rings is 1. The Morgan fingerprint density at radius 2 is 2.09 bits per heavy atom. The number of nitrogens with zero attached hydrogens (tertiary/aromatic N) is 1. The molecule has 1 aromatic heterocycles. The van der Waals surface area contributed by atoms with Gasteiger partial charge in [-0.15, -0.1) is 0 Å². The van der Waals surface area contributed by atoms with Crippen molar-refractivity contribution in [1.29, 1.82) is 0 Å². The molecule has 3 N–H and O–H groups in total. The average Bonchev–Trinajstić information content (AvgIpc) is 3.07. The van der Waals surface area contributed by atoms with E-state index in [1.165, 1.54) is 5.56 Å². The third-order valence-electron chi connectivity index (χ3n) is 4.37. The Kier molecular flexibility index (Phi) is 4.98. The summed E-state index contributed by atoms with van der Waals surface area (Å²) in [6, 6.07) is 12.3. The molecular formula is C18H23N3O2. The summed E-state index contributed by atoms with van der Waals surface area (Å²) in [5.74, 6) is 0.810. The highest BCUT2D eigenvalue weighted by atomic mass is 16.3. The third-order valence-corrected chi connectivity index (χ3v) is 4.37. The van der Waals surface area contributed by atoms with Crippen LogP contribution in [-0.2, 0) is 17.9 Å². The van der Waals surface area contributed by atoms with Crippen LogP contribution in [0.1, 0.15) is 24.2 Å². The van der Waals surface area contributed by atoms with Gasteiger partial charge in [0, 0.05) is 18.2 Å². The first kappa shape index (κ1) is 15.6. The maximum atomic E-state index is 11.2. The van der Waals surface area contributed by atoms with Gasteiger partial charge in [-0.3, -0.25) is 9.69 Å². The fourth-order valence-corrected chi connectivity index (χ4v) is 3.02. The highest BCUT2D eigenvalue weighted by Crippen LogP contribution is 2.20. The van der Waals surface area contributed by atoms with Crippen LogP contribution in [0.2, 0.25) is 0 Å². The second-order valence-electron chi connectivity index (χ2n) is 6.09. The topological polar surface area (TPSA) is 71.5 Å². The van der Waals surface area contributed by atoms with E-state index in [4.69, 9.17) is 10.2 Å². The zero-order valence-corrected chi connectivity index (χ0v) is 13.2. The Hall–Kier alpha value is -2.27. The Balaban J connectivity index is 1.52. The van der Waals surface area contributed by atoms with Crippen LogP contribution in [0.25, 0.3) is 0 Å². The monoisotopic (exact) mass is 313 g/mol. The number of likely N-dealkylation sites (tertiary alicyclic amines) is 1. The number of nitrogens with two attached hydrogens (primary N) is 1. The van der Waals surface area contributed by atoms with Gasteiger partial charge in [-0.2, -0.15) is 0 Å². The quantitative estimate of drug-likeness (QED) is 0.860. The summed E-state index contributed by atoms with van der Waals surface area (Å²) < 4.78 is 5.33. The van der Waals surface area contributed by atoms with E-state index < -0.39 is 0 Å². The second-order valence-corrected chi connectivity index (χ2v) is 6.09. The second kappa shape index (κ2) is 7.33. The molecule has 1 fully saturated rings. The number of nitrogens with one attached hydrogen (secondary N) is 1. The molecule has 5 heteroatoms. The summed E-state index contributed by atoms with van der Waals surface area (Å²) in [5.41, 5.74) is 7.74. The molecule has 3 rings (SSSR count). The standard InChI is InChI=1S/C18H23N3O2/c19-18(22)15-6-8-21(9-7-15)13-14-3-1-4-16(11-14)20-12-17-5-2-10-23-17/h1-5,10-11,15,20H,6-9,12-13H2,(H2,19,22). The molecule has 2 heterocycles. The Bertz CT molecular complexity index is 631. The van der Waals surface area contributed by atoms with Gasteiger partial charge in [-0.25, -0.2) is 0 Å². The van der Waals surface area contributed by atoms with E-state index in [9.17, 15) is 4.79 Å². The van der Waals surface area contributed by atoms with Crippen molar-refractivity contribution in [2.75, 3.05) is 18.4 Å². The summed E-state index contributed by atoms with van der Waals surface area (Å²) in [7, 11) is 0. The van der Waals surface area contributed by atoms with Crippen LogP contribution in [0.3, 0.4) is 0 Å². The normalized spacial score (nSPS) is 16.3. The van der Waals surface area contributed by atoms with Crippen LogP contribution in [0.15, 0.2) is 47.1 Å². The number of carbonyl (C=O) groups excluding carboxylic acids is 1. The molecule has 122 valence electrons. The van der Waals surface area contributed by atoms with Crippen molar-refractivity contribution in [3.8, 4) is 0 Å². The number of anilines is 1. The number of carbonyl (C=O) groups is 1. The lowest BCUT2D eigenvalue weighted by atomic mass is 9.96. The van der Waals surface area contributed by atoms with Crippen molar-refractivity contribution in [3.63, 3.8) is 0 Å². The van der Waals surface area contributed by atoms with Gasteiger partial charge in [0.15, 0.2) is 0 Å². The number of amides is 1. The number of hydrogen-bond acceptors (Lipinski definition) is 4. The molecule has 23 heavy (non-hydrogen) atoms. The molecule has 0 saturated carbocycles. The minimum Gasteiger partial charge on any atom is -0.467 e. The zero-order chi connectivity index (χ0) is 16.1. The highest BCUT2D eigenvalue weighted by Gasteiger charge is 2.22. The Morgan fingerprint density at radius 3 is 2.78 bits per heavy atom. The van der Waals surface area contributed by atoms with Gasteiger partial charge in [-0.1, -0.05) is 12.1 Å². The molecule has 0 aliphatic carbocycles. The average molecular weight is 313 g/mol. The predicted molar refractivity (Wildman–Crippen MR) is 89.7 cm³/mol. The molecule has 0 unspecified atom stereocenters. The lowest BCUT2D eigenvalue weighted by molar-refractivity contribution is -0.123. The van der Waals surface area contributed by atoms with Crippen molar-refractivity contribution >= 4 is 11.6 Å². The molecule has 1 amide bonds. The van der Waals surface area contributed by atoms with E-state index in [1.807, 2.05) is 12.1 Å². The van der Waals surface area contributed by atoms with Crippen molar-refractivity contribution in [2.24, 2.45) is 11.7 Å². The first-order chi connectivity index (χ1) is 11.2. The first-order valence-electron chi connectivity index (χ1n) is 8.07. The van der Waals surface area contributed by atoms with Gasteiger partial charge in [0.1, 0.15) is 5.76 Å². The lowest BCUT2D eigenvalue weighted by Crippen LogP contribution is -2.38. The van der Waals surface area contributed by atoms with E-state index in [2.05, 4.69) is 34.5 Å². The SMILES string of the molecule is NC(=O)C1CCN(Cc2cccc(NCc3ccco3)c2)CC1. The molecule has 1 aromatic carbocycles. The van der Waals surface area contributed by atoms with Gasteiger partial charge in [0.2, 0.25) is 5.91 Å². The van der Waals surface area contributed by atoms with E-state index in [0.29, 0.717) is 6.54 Å². The van der Waals surface area contributed by atoms with Crippen molar-refractivity contribution in [1.82, 2.24) is 4.90 Å². The molecule has 0 bridgehead atoms. The molecule has 2 aromatic rings. The molecule has 0 radical (unpaired) electrons. The van der Waals surface area contributed by atoms with Crippen molar-refractivity contribution in [2.45, 2.75) is 25.9 Å². The third kappa shape index (κ3) is 4.36. The van der Waals surface area contributed by atoms with Crippen molar-refractivity contribution in [3.05, 3.63) is 54.0 Å². The van der Waals surface area contributed by atoms with E-state index in [1.54, 1.807) is 6.26 Å². The number of primary amides is 1. The maximum absolute atomic E-state index is 11.2. The lowest BCUT2D eigenvalue weighted by Gasteiger charge is -2.30. The maximum Gasteiger partial charge on any atom is 0.220 e. The van der Waals surface area contributed by atoms with Crippen LogP contribution in [0.5, 0.6) is 0 Å². The summed E-state index contributed by atoms with van der Waals surface area (Å²) in [6.07, 6.45) is 3.42. The summed E-state index contributed by atoms with van der Waals surface area (Å²) in [4.78, 5) is 13.6. The van der Waals surface area contributed by atoms with Crippen LogP contribution in [0.4, 0.5) is 5.69 Å². The van der Waals surface area contributed by atoms with Gasteiger partial charge < -0.3 is 15.5 Å². The van der Waals surface area contributed by atoms with Gasteiger partial charge in [0.05, 0.1) is 12.8 Å². The molecule has 1 saturated heterocycles. The van der Waals surface area contributed by atoms with E-state index in [-0.39, 0.29) is 11.8 Å². The zero-order valence-electron chi connectivity index (χ0n) is 13.2. The van der Waals surface area contributed by atoms with Crippen LogP contribution in [0, 0.1) is 5.92 Å². The number of hydrogen-bond donors (Lipinski definition) is 2. The van der Waals surface area contributed by atoms with Crippen LogP contribution in [-0.4, -0.2) is 23.9 Å². The molecule has 1 aliphatic rings. The predicted octanol–water partition coefficient (Wildman–Crippen LogP) is 2.59. The smallest absolute Gasteiger partial charge is 0.220 e. The number of piperidine rings is 1. The van der Waals surface area contributed by atoms with Gasteiger partial charge >= 0.3 is 0 Å². The highest BCUT2D eigenvalue weighted by molar-refractivity contribution is 5.76. The minimum atomic E-state index is -0.159. The molecule has 1 aliphatic heterocycles. The fourth-order valence-electron chi connectivity index (χ4n) is 3.02. The summed E-state index contributed by atoms with van der Waals surface area (Å²) >= 11 is 0. The van der Waals surface area contributed by atoms with Gasteiger partial charge in [0.25, 0.3) is 0 Å².